The molecule has 3 aromatic rings. The molecule has 2 aromatic heterocycles. The van der Waals surface area contributed by atoms with Gasteiger partial charge in [-0.2, -0.15) is 9.97 Å². The number of anilines is 1. The predicted molar refractivity (Wildman–Crippen MR) is 139 cm³/mol. The molecule has 1 amide bonds. The van der Waals surface area contributed by atoms with Gasteiger partial charge in [-0.05, 0) is 58.9 Å². The molecule has 9 nitrogen and oxygen atoms in total. The second-order valence-corrected chi connectivity index (χ2v) is 10.7. The third kappa shape index (κ3) is 4.82. The van der Waals surface area contributed by atoms with Crippen LogP contribution in [0.2, 0.25) is 0 Å². The quantitative estimate of drug-likeness (QED) is 0.411. The van der Waals surface area contributed by atoms with E-state index >= 15 is 0 Å². The molecule has 4 rings (SSSR count). The number of benzene rings is 1. The Kier molecular flexibility index (Phi) is 6.83. The fourth-order valence-electron chi connectivity index (χ4n) is 4.96. The van der Waals surface area contributed by atoms with Gasteiger partial charge in [-0.3, -0.25) is 4.79 Å². The van der Waals surface area contributed by atoms with Crippen LogP contribution >= 0.6 is 0 Å². The van der Waals surface area contributed by atoms with Crippen LogP contribution in [0.15, 0.2) is 28.7 Å². The SMILES string of the molecule is COc1nc(OC)c(NC(=O)c2ccc(Oc3cc4c(cc3C)C(C)(C)C(C)CC4(C)C)o2)c(OC)n1. The fraction of sp³-hybridized carbons (Fsp3) is 0.464. The third-order valence-corrected chi connectivity index (χ3v) is 7.43. The number of nitrogens with one attached hydrogen (secondary N) is 1. The fourth-order valence-corrected chi connectivity index (χ4v) is 4.96. The van der Waals surface area contributed by atoms with Gasteiger partial charge in [0.1, 0.15) is 5.75 Å². The van der Waals surface area contributed by atoms with E-state index in [-0.39, 0.29) is 46.0 Å². The van der Waals surface area contributed by atoms with Crippen molar-refractivity contribution in [3.05, 3.63) is 46.7 Å². The number of methoxy groups -OCH3 is 3. The van der Waals surface area contributed by atoms with Gasteiger partial charge in [0.05, 0.1) is 21.3 Å². The van der Waals surface area contributed by atoms with Crippen molar-refractivity contribution in [2.75, 3.05) is 26.6 Å². The standard InChI is InChI=1S/C28H35N3O6/c1-15-12-18-17(27(3,4)14-16(2)28(18,5)6)13-20(15)37-21-11-10-19(36-21)23(32)29-22-24(33-7)30-26(35-9)31-25(22)34-8/h10-13,16H,14H2,1-9H3,(H,29,32). The van der Waals surface area contributed by atoms with E-state index in [9.17, 15) is 4.79 Å². The van der Waals surface area contributed by atoms with Gasteiger partial charge in [-0.15, -0.1) is 0 Å². The molecule has 0 saturated heterocycles. The van der Waals surface area contributed by atoms with Gasteiger partial charge < -0.3 is 28.7 Å². The van der Waals surface area contributed by atoms with Gasteiger partial charge in [-0.1, -0.05) is 40.7 Å². The predicted octanol–water partition coefficient (Wildman–Crippen LogP) is 6.04. The third-order valence-electron chi connectivity index (χ3n) is 7.43. The summed E-state index contributed by atoms with van der Waals surface area (Å²) in [6, 6.07) is 7.54. The molecule has 0 aliphatic heterocycles. The lowest BCUT2D eigenvalue weighted by atomic mass is 9.58. The Bertz CT molecular complexity index is 1300. The average molecular weight is 510 g/mol. The summed E-state index contributed by atoms with van der Waals surface area (Å²) in [4.78, 5) is 21.1. The highest BCUT2D eigenvalue weighted by molar-refractivity contribution is 6.03. The second-order valence-electron chi connectivity index (χ2n) is 10.7. The minimum Gasteiger partial charge on any atom is -0.479 e. The second kappa shape index (κ2) is 9.61. The van der Waals surface area contributed by atoms with Crippen LogP contribution in [0.3, 0.4) is 0 Å². The summed E-state index contributed by atoms with van der Waals surface area (Å²) in [6.45, 7) is 13.5. The summed E-state index contributed by atoms with van der Waals surface area (Å²) in [7, 11) is 4.25. The minimum atomic E-state index is -0.542. The van der Waals surface area contributed by atoms with E-state index in [1.165, 1.54) is 38.5 Å². The zero-order valence-corrected chi connectivity index (χ0v) is 22.9. The first-order valence-corrected chi connectivity index (χ1v) is 12.2. The molecule has 1 aliphatic rings. The Balaban J connectivity index is 1.59. The number of hydrogen-bond acceptors (Lipinski definition) is 8. The number of rotatable bonds is 7. The molecule has 1 unspecified atom stereocenters. The van der Waals surface area contributed by atoms with E-state index in [0.717, 1.165) is 12.0 Å². The number of carbonyl (C=O) groups excluding carboxylic acids is 1. The van der Waals surface area contributed by atoms with Gasteiger partial charge in [0.2, 0.25) is 11.8 Å². The number of aromatic nitrogens is 2. The van der Waals surface area contributed by atoms with Crippen molar-refractivity contribution in [1.82, 2.24) is 9.97 Å². The largest absolute Gasteiger partial charge is 0.479 e. The smallest absolute Gasteiger partial charge is 0.322 e. The molecule has 0 bridgehead atoms. The van der Waals surface area contributed by atoms with E-state index in [1.54, 1.807) is 6.07 Å². The molecular formula is C28H35N3O6. The molecule has 1 aromatic carbocycles. The molecule has 0 radical (unpaired) electrons. The number of carbonyl (C=O) groups is 1. The molecule has 1 atom stereocenters. The summed E-state index contributed by atoms with van der Waals surface area (Å²) in [5.74, 6) is 1.14. The molecule has 37 heavy (non-hydrogen) atoms. The molecule has 9 heteroatoms. The number of amides is 1. The van der Waals surface area contributed by atoms with Crippen molar-refractivity contribution in [1.29, 1.82) is 0 Å². The maximum Gasteiger partial charge on any atom is 0.322 e. The lowest BCUT2D eigenvalue weighted by molar-refractivity contribution is 0.0990. The monoisotopic (exact) mass is 509 g/mol. The molecule has 0 fully saturated rings. The number of nitrogens with zero attached hydrogens (tertiary/aromatic N) is 2. The van der Waals surface area contributed by atoms with Crippen molar-refractivity contribution in [2.45, 2.75) is 58.8 Å². The van der Waals surface area contributed by atoms with Crippen LogP contribution in [-0.2, 0) is 10.8 Å². The highest BCUT2D eigenvalue weighted by Gasteiger charge is 2.42. The van der Waals surface area contributed by atoms with Gasteiger partial charge in [0, 0.05) is 6.07 Å². The molecule has 0 spiro atoms. The lowest BCUT2D eigenvalue weighted by Gasteiger charge is -2.46. The van der Waals surface area contributed by atoms with Gasteiger partial charge >= 0.3 is 6.01 Å². The van der Waals surface area contributed by atoms with E-state index in [0.29, 0.717) is 11.7 Å². The number of aryl methyl sites for hydroxylation is 1. The molecular weight excluding hydrogens is 474 g/mol. The van der Waals surface area contributed by atoms with Gasteiger partial charge in [0.25, 0.3) is 11.9 Å². The minimum absolute atomic E-state index is 0.0167. The number of furan rings is 1. The molecule has 1 N–H and O–H groups in total. The Hall–Kier alpha value is -3.75. The summed E-state index contributed by atoms with van der Waals surface area (Å²) in [5, 5.41) is 2.68. The summed E-state index contributed by atoms with van der Waals surface area (Å²) in [6.07, 6.45) is 1.09. The van der Waals surface area contributed by atoms with Crippen LogP contribution in [0.1, 0.15) is 68.3 Å². The maximum absolute atomic E-state index is 13.0. The first kappa shape index (κ1) is 26.3. The van der Waals surface area contributed by atoms with Crippen LogP contribution in [0.25, 0.3) is 0 Å². The van der Waals surface area contributed by atoms with Crippen LogP contribution in [0.5, 0.6) is 29.5 Å². The molecule has 2 heterocycles. The number of hydrogen-bond donors (Lipinski definition) is 1. The number of ether oxygens (including phenoxy) is 4. The van der Waals surface area contributed by atoms with E-state index in [4.69, 9.17) is 23.4 Å². The molecule has 198 valence electrons. The zero-order valence-electron chi connectivity index (χ0n) is 22.9. The first-order chi connectivity index (χ1) is 17.4. The first-order valence-electron chi connectivity index (χ1n) is 12.2. The molecule has 0 saturated carbocycles. The van der Waals surface area contributed by atoms with Crippen LogP contribution in [0.4, 0.5) is 5.69 Å². The van der Waals surface area contributed by atoms with Crippen molar-refractivity contribution in [3.8, 4) is 29.5 Å². The highest BCUT2D eigenvalue weighted by Crippen LogP contribution is 2.50. The van der Waals surface area contributed by atoms with Crippen molar-refractivity contribution in [3.63, 3.8) is 0 Å². The van der Waals surface area contributed by atoms with Crippen LogP contribution in [-0.4, -0.2) is 37.2 Å². The van der Waals surface area contributed by atoms with Crippen molar-refractivity contribution >= 4 is 11.6 Å². The van der Waals surface area contributed by atoms with E-state index < -0.39 is 5.91 Å². The van der Waals surface area contributed by atoms with Gasteiger partial charge in [0.15, 0.2) is 11.4 Å². The Labute approximate surface area is 217 Å². The normalized spacial score (nSPS) is 17.5. The van der Waals surface area contributed by atoms with Crippen molar-refractivity contribution < 1.29 is 28.2 Å². The summed E-state index contributed by atoms with van der Waals surface area (Å²) >= 11 is 0. The molecule has 1 aliphatic carbocycles. The topological polar surface area (TPSA) is 105 Å². The summed E-state index contributed by atoms with van der Waals surface area (Å²) < 4.78 is 27.4. The summed E-state index contributed by atoms with van der Waals surface area (Å²) in [5.41, 5.74) is 3.87. The highest BCUT2D eigenvalue weighted by atomic mass is 16.6. The van der Waals surface area contributed by atoms with Crippen LogP contribution in [0, 0.1) is 12.8 Å². The zero-order chi connectivity index (χ0) is 27.1. The maximum atomic E-state index is 13.0. The Morgan fingerprint density at radius 2 is 1.65 bits per heavy atom. The number of fused-ring (bicyclic) bond motifs is 1. The van der Waals surface area contributed by atoms with E-state index in [2.05, 4.69) is 62.0 Å². The van der Waals surface area contributed by atoms with Gasteiger partial charge in [-0.25, -0.2) is 0 Å². The van der Waals surface area contributed by atoms with E-state index in [1.807, 2.05) is 6.92 Å². The van der Waals surface area contributed by atoms with Crippen molar-refractivity contribution in [2.24, 2.45) is 5.92 Å². The van der Waals surface area contributed by atoms with Crippen LogP contribution < -0.4 is 24.3 Å². The Morgan fingerprint density at radius 1 is 1.00 bits per heavy atom. The Morgan fingerprint density at radius 3 is 2.24 bits per heavy atom. The lowest BCUT2D eigenvalue weighted by Crippen LogP contribution is -2.40. The average Bonchev–Trinajstić information content (AvgIpc) is 3.32.